The molecule has 0 N–H and O–H groups in total. The molecule has 0 fully saturated rings. The van der Waals surface area contributed by atoms with Gasteiger partial charge in [0, 0.05) is 13.3 Å². The molecule has 0 spiro atoms. The van der Waals surface area contributed by atoms with E-state index in [1.165, 1.54) is 33.3 Å². The fourth-order valence-electron chi connectivity index (χ4n) is 2.53. The first-order valence-corrected chi connectivity index (χ1v) is 9.67. The van der Waals surface area contributed by atoms with Gasteiger partial charge in [-0.1, -0.05) is 57.3 Å². The number of esters is 2. The Bertz CT molecular complexity index is 399. The minimum atomic E-state index is -0.220. The number of ether oxygens (including phenoxy) is 2. The third-order valence-electron chi connectivity index (χ3n) is 3.96. The van der Waals surface area contributed by atoms with Crippen LogP contribution in [0.25, 0.3) is 0 Å². The summed E-state index contributed by atoms with van der Waals surface area (Å²) in [6.07, 6.45) is 19.4. The standard InChI is InChI=1S/C21H36O4/c1-4-5-13-16-20(25-19(2)22)17-14-11-9-7-6-8-10-12-15-18-21(23)24-3/h9,11,14,17,20H,4-8,10,12-13,15-16,18H2,1-3H3/b11-9+,17-14+/t20-/m0/s1. The number of rotatable bonds is 15. The molecule has 0 saturated carbocycles. The van der Waals surface area contributed by atoms with Crippen molar-refractivity contribution in [2.24, 2.45) is 0 Å². The maximum absolute atomic E-state index is 11.1. The number of carbonyl (C=O) groups is 2. The Morgan fingerprint density at radius 2 is 1.68 bits per heavy atom. The van der Waals surface area contributed by atoms with Gasteiger partial charge in [0.25, 0.3) is 0 Å². The van der Waals surface area contributed by atoms with Gasteiger partial charge in [0.15, 0.2) is 0 Å². The molecule has 25 heavy (non-hydrogen) atoms. The Hall–Kier alpha value is -1.58. The zero-order chi connectivity index (χ0) is 18.8. The molecule has 0 unspecified atom stereocenters. The molecule has 0 aliphatic heterocycles. The average molecular weight is 353 g/mol. The number of unbranched alkanes of at least 4 members (excludes halogenated alkanes) is 7. The van der Waals surface area contributed by atoms with E-state index in [9.17, 15) is 9.59 Å². The zero-order valence-electron chi connectivity index (χ0n) is 16.3. The molecule has 0 aromatic carbocycles. The predicted octanol–water partition coefficient (Wildman–Crippen LogP) is 5.51. The van der Waals surface area contributed by atoms with Crippen molar-refractivity contribution in [1.82, 2.24) is 0 Å². The van der Waals surface area contributed by atoms with Crippen molar-refractivity contribution >= 4 is 11.9 Å². The lowest BCUT2D eigenvalue weighted by Gasteiger charge is -2.12. The first-order chi connectivity index (χ1) is 12.1. The highest BCUT2D eigenvalue weighted by Crippen LogP contribution is 2.10. The van der Waals surface area contributed by atoms with Crippen molar-refractivity contribution in [2.45, 2.75) is 90.6 Å². The lowest BCUT2D eigenvalue weighted by Crippen LogP contribution is -2.13. The molecule has 1 atom stereocenters. The molecular weight excluding hydrogens is 316 g/mol. The third kappa shape index (κ3) is 17.0. The van der Waals surface area contributed by atoms with Gasteiger partial charge in [-0.2, -0.15) is 0 Å². The monoisotopic (exact) mass is 352 g/mol. The summed E-state index contributed by atoms with van der Waals surface area (Å²) in [6, 6.07) is 0. The molecule has 0 rings (SSSR count). The van der Waals surface area contributed by atoms with E-state index in [1.54, 1.807) is 0 Å². The highest BCUT2D eigenvalue weighted by Gasteiger charge is 2.06. The van der Waals surface area contributed by atoms with Gasteiger partial charge in [-0.15, -0.1) is 0 Å². The Morgan fingerprint density at radius 3 is 2.36 bits per heavy atom. The van der Waals surface area contributed by atoms with Crippen molar-refractivity contribution in [3.8, 4) is 0 Å². The van der Waals surface area contributed by atoms with Gasteiger partial charge in [0.2, 0.25) is 0 Å². The van der Waals surface area contributed by atoms with Crippen LogP contribution < -0.4 is 0 Å². The highest BCUT2D eigenvalue weighted by atomic mass is 16.5. The summed E-state index contributed by atoms with van der Waals surface area (Å²) in [5, 5.41) is 0. The third-order valence-corrected chi connectivity index (χ3v) is 3.96. The van der Waals surface area contributed by atoms with Crippen LogP contribution in [0.15, 0.2) is 24.3 Å². The summed E-state index contributed by atoms with van der Waals surface area (Å²) in [7, 11) is 1.43. The summed E-state index contributed by atoms with van der Waals surface area (Å²) in [5.41, 5.74) is 0. The summed E-state index contributed by atoms with van der Waals surface area (Å²) >= 11 is 0. The van der Waals surface area contributed by atoms with E-state index in [2.05, 4.69) is 17.7 Å². The molecule has 0 aromatic rings. The van der Waals surface area contributed by atoms with Gasteiger partial charge in [-0.25, -0.2) is 0 Å². The maximum atomic E-state index is 11.1. The normalized spacial score (nSPS) is 12.6. The molecule has 0 heterocycles. The summed E-state index contributed by atoms with van der Waals surface area (Å²) < 4.78 is 9.93. The van der Waals surface area contributed by atoms with Gasteiger partial charge >= 0.3 is 11.9 Å². The van der Waals surface area contributed by atoms with Crippen LogP contribution in [0.4, 0.5) is 0 Å². The van der Waals surface area contributed by atoms with E-state index < -0.39 is 0 Å². The molecule has 0 amide bonds. The topological polar surface area (TPSA) is 52.6 Å². The van der Waals surface area contributed by atoms with Crippen LogP contribution in [-0.2, 0) is 19.1 Å². The van der Waals surface area contributed by atoms with Crippen LogP contribution in [0, 0.1) is 0 Å². The smallest absolute Gasteiger partial charge is 0.305 e. The molecule has 0 aromatic heterocycles. The van der Waals surface area contributed by atoms with Crippen LogP contribution in [0.5, 0.6) is 0 Å². The number of carbonyl (C=O) groups excluding carboxylic acids is 2. The number of allylic oxidation sites excluding steroid dienone is 3. The molecule has 4 heteroatoms. The van der Waals surface area contributed by atoms with Crippen LogP contribution >= 0.6 is 0 Å². The van der Waals surface area contributed by atoms with Gasteiger partial charge in [-0.3, -0.25) is 9.59 Å². The number of hydrogen-bond donors (Lipinski definition) is 0. The molecule has 0 bridgehead atoms. The lowest BCUT2D eigenvalue weighted by molar-refractivity contribution is -0.144. The maximum Gasteiger partial charge on any atom is 0.305 e. The molecule has 0 radical (unpaired) electrons. The second kappa shape index (κ2) is 17.2. The predicted molar refractivity (Wildman–Crippen MR) is 102 cm³/mol. The van der Waals surface area contributed by atoms with Crippen molar-refractivity contribution in [1.29, 1.82) is 0 Å². The molecule has 4 nitrogen and oxygen atoms in total. The number of methoxy groups -OCH3 is 1. The molecule has 144 valence electrons. The Labute approximate surface area is 153 Å². The summed E-state index contributed by atoms with van der Waals surface area (Å²) in [5.74, 6) is -0.334. The highest BCUT2D eigenvalue weighted by molar-refractivity contribution is 5.69. The van der Waals surface area contributed by atoms with E-state index in [0.717, 1.165) is 44.9 Å². The van der Waals surface area contributed by atoms with Gasteiger partial charge in [0.1, 0.15) is 6.10 Å². The van der Waals surface area contributed by atoms with Gasteiger partial charge in [0.05, 0.1) is 7.11 Å². The fraction of sp³-hybridized carbons (Fsp3) is 0.714. The van der Waals surface area contributed by atoms with Crippen LogP contribution in [0.3, 0.4) is 0 Å². The minimum absolute atomic E-state index is 0.108. The van der Waals surface area contributed by atoms with Crippen molar-refractivity contribution < 1.29 is 19.1 Å². The minimum Gasteiger partial charge on any atom is -0.469 e. The van der Waals surface area contributed by atoms with Crippen molar-refractivity contribution in [2.75, 3.05) is 7.11 Å². The SMILES string of the molecule is CCCCC[C@@H](/C=C/C=C/CCCCCCCC(=O)OC)OC(C)=O. The Kier molecular flexibility index (Phi) is 16.2. The summed E-state index contributed by atoms with van der Waals surface area (Å²) in [4.78, 5) is 22.1. The Balaban J connectivity index is 3.75. The average Bonchev–Trinajstić information content (AvgIpc) is 2.58. The van der Waals surface area contributed by atoms with Crippen LogP contribution in [-0.4, -0.2) is 25.2 Å². The molecule has 0 aliphatic rings. The van der Waals surface area contributed by atoms with Gasteiger partial charge in [-0.05, 0) is 38.2 Å². The largest absolute Gasteiger partial charge is 0.469 e. The van der Waals surface area contributed by atoms with Crippen molar-refractivity contribution in [3.05, 3.63) is 24.3 Å². The van der Waals surface area contributed by atoms with E-state index in [0.29, 0.717) is 6.42 Å². The van der Waals surface area contributed by atoms with E-state index >= 15 is 0 Å². The Morgan fingerprint density at radius 1 is 0.960 bits per heavy atom. The zero-order valence-corrected chi connectivity index (χ0v) is 16.3. The van der Waals surface area contributed by atoms with Crippen LogP contribution in [0.2, 0.25) is 0 Å². The number of hydrogen-bond acceptors (Lipinski definition) is 4. The van der Waals surface area contributed by atoms with E-state index in [4.69, 9.17) is 4.74 Å². The molecule has 0 saturated heterocycles. The quantitative estimate of drug-likeness (QED) is 0.221. The van der Waals surface area contributed by atoms with Crippen molar-refractivity contribution in [3.63, 3.8) is 0 Å². The molecule has 0 aliphatic carbocycles. The second-order valence-corrected chi connectivity index (χ2v) is 6.34. The summed E-state index contributed by atoms with van der Waals surface area (Å²) in [6.45, 7) is 3.63. The second-order valence-electron chi connectivity index (χ2n) is 6.34. The van der Waals surface area contributed by atoms with E-state index in [-0.39, 0.29) is 18.0 Å². The molecular formula is C21H36O4. The first kappa shape index (κ1) is 23.4. The fourth-order valence-corrected chi connectivity index (χ4v) is 2.53. The van der Waals surface area contributed by atoms with Crippen LogP contribution in [0.1, 0.15) is 84.5 Å². The van der Waals surface area contributed by atoms with Gasteiger partial charge < -0.3 is 9.47 Å². The first-order valence-electron chi connectivity index (χ1n) is 9.67. The van der Waals surface area contributed by atoms with E-state index in [1.807, 2.05) is 18.2 Å². The lowest BCUT2D eigenvalue weighted by atomic mass is 10.1.